The van der Waals surface area contributed by atoms with Crippen LogP contribution in [-0.4, -0.2) is 49.3 Å². The Hall–Kier alpha value is -2.03. The minimum atomic E-state index is -4.38. The molecule has 0 aliphatic rings. The SMILES string of the molecule is CCCC/C=C\CCCCCCCC(=O)OC[C@H](COP(=O)(O)OCCN)OC(=O)CCCCCC/C=C\C/C=C\C/C=C\CCCCC. The molecule has 0 bridgehead atoms. The summed E-state index contributed by atoms with van der Waals surface area (Å²) < 4.78 is 32.6. The predicted octanol–water partition coefficient (Wildman–Crippen LogP) is 10.4. The van der Waals surface area contributed by atoms with E-state index in [2.05, 4.69) is 62.5 Å². The molecule has 0 aliphatic carbocycles. The van der Waals surface area contributed by atoms with E-state index in [0.29, 0.717) is 6.42 Å². The number of esters is 2. The van der Waals surface area contributed by atoms with Gasteiger partial charge < -0.3 is 20.1 Å². The first kappa shape index (κ1) is 47.0. The van der Waals surface area contributed by atoms with Crippen LogP contribution >= 0.6 is 7.82 Å². The molecule has 2 atom stereocenters. The lowest BCUT2D eigenvalue weighted by molar-refractivity contribution is -0.161. The fourth-order valence-corrected chi connectivity index (χ4v) is 5.56. The maximum absolute atomic E-state index is 12.5. The number of hydrogen-bond donors (Lipinski definition) is 2. The van der Waals surface area contributed by atoms with Gasteiger partial charge >= 0.3 is 19.8 Å². The summed E-state index contributed by atoms with van der Waals surface area (Å²) in [6, 6.07) is 0. The van der Waals surface area contributed by atoms with Gasteiger partial charge in [-0.25, -0.2) is 4.57 Å². The highest BCUT2D eigenvalue weighted by atomic mass is 31.2. The Bertz CT molecular complexity index is 949. The van der Waals surface area contributed by atoms with Crippen LogP contribution in [-0.2, 0) is 32.7 Å². The van der Waals surface area contributed by atoms with Crippen molar-refractivity contribution in [2.45, 2.75) is 161 Å². The molecule has 9 nitrogen and oxygen atoms in total. The van der Waals surface area contributed by atoms with Gasteiger partial charge in [-0.3, -0.25) is 18.6 Å². The Morgan fingerprint density at radius 3 is 1.65 bits per heavy atom. The quantitative estimate of drug-likeness (QED) is 0.0285. The van der Waals surface area contributed by atoms with Crippen molar-refractivity contribution in [1.29, 1.82) is 0 Å². The molecular formula is C39H70NO8P. The molecule has 284 valence electrons. The molecule has 0 saturated heterocycles. The number of allylic oxidation sites excluding steroid dienone is 8. The van der Waals surface area contributed by atoms with Gasteiger partial charge in [-0.15, -0.1) is 0 Å². The molecule has 0 heterocycles. The highest BCUT2D eigenvalue weighted by Crippen LogP contribution is 2.43. The summed E-state index contributed by atoms with van der Waals surface area (Å²) in [4.78, 5) is 34.7. The maximum atomic E-state index is 12.5. The third-order valence-electron chi connectivity index (χ3n) is 7.69. The first-order valence-corrected chi connectivity index (χ1v) is 20.6. The first-order valence-electron chi connectivity index (χ1n) is 19.1. The number of phosphoric acid groups is 1. The van der Waals surface area contributed by atoms with Gasteiger partial charge in [-0.05, 0) is 70.6 Å². The van der Waals surface area contributed by atoms with Crippen LogP contribution < -0.4 is 5.73 Å². The number of carbonyl (C=O) groups is 2. The van der Waals surface area contributed by atoms with Gasteiger partial charge in [-0.2, -0.15) is 0 Å². The third kappa shape index (κ3) is 35.6. The minimum absolute atomic E-state index is 0.0467. The second-order valence-corrected chi connectivity index (χ2v) is 13.9. The van der Waals surface area contributed by atoms with E-state index in [1.54, 1.807) is 0 Å². The molecule has 1 unspecified atom stereocenters. The summed E-state index contributed by atoms with van der Waals surface area (Å²) in [5.74, 6) is -0.871. The molecule has 0 spiro atoms. The molecule has 0 radical (unpaired) electrons. The molecule has 10 heteroatoms. The number of rotatable bonds is 35. The highest BCUT2D eigenvalue weighted by molar-refractivity contribution is 7.47. The summed E-state index contributed by atoms with van der Waals surface area (Å²) >= 11 is 0. The van der Waals surface area contributed by atoms with Gasteiger partial charge in [0.2, 0.25) is 0 Å². The molecule has 0 aromatic heterocycles. The van der Waals surface area contributed by atoms with Crippen molar-refractivity contribution in [2.75, 3.05) is 26.4 Å². The van der Waals surface area contributed by atoms with Crippen molar-refractivity contribution in [3.8, 4) is 0 Å². The van der Waals surface area contributed by atoms with Gasteiger partial charge in [0.1, 0.15) is 6.61 Å². The van der Waals surface area contributed by atoms with E-state index in [9.17, 15) is 19.0 Å². The zero-order chi connectivity index (χ0) is 36.1. The van der Waals surface area contributed by atoms with Crippen molar-refractivity contribution in [3.05, 3.63) is 48.6 Å². The van der Waals surface area contributed by atoms with Crippen LogP contribution in [0.1, 0.15) is 155 Å². The van der Waals surface area contributed by atoms with E-state index < -0.39 is 32.5 Å². The second kappa shape index (κ2) is 35.8. The van der Waals surface area contributed by atoms with Crippen molar-refractivity contribution in [2.24, 2.45) is 5.73 Å². The van der Waals surface area contributed by atoms with E-state index in [1.807, 2.05) is 0 Å². The van der Waals surface area contributed by atoms with E-state index in [-0.39, 0.29) is 32.6 Å². The zero-order valence-electron chi connectivity index (χ0n) is 30.9. The summed E-state index contributed by atoms with van der Waals surface area (Å²) in [6.07, 6.45) is 38.5. The second-order valence-electron chi connectivity index (χ2n) is 12.4. The molecule has 0 amide bonds. The molecular weight excluding hydrogens is 641 g/mol. The normalized spacial score (nSPS) is 14.0. The number of hydrogen-bond acceptors (Lipinski definition) is 8. The lowest BCUT2D eigenvalue weighted by Crippen LogP contribution is -2.29. The molecule has 3 N–H and O–H groups in total. The highest BCUT2D eigenvalue weighted by Gasteiger charge is 2.25. The number of carbonyl (C=O) groups excluding carboxylic acids is 2. The lowest BCUT2D eigenvalue weighted by Gasteiger charge is -2.19. The summed E-state index contributed by atoms with van der Waals surface area (Å²) in [5, 5.41) is 0. The van der Waals surface area contributed by atoms with Crippen LogP contribution in [0.4, 0.5) is 0 Å². The predicted molar refractivity (Wildman–Crippen MR) is 201 cm³/mol. The van der Waals surface area contributed by atoms with Gasteiger partial charge in [0.25, 0.3) is 0 Å². The Labute approximate surface area is 298 Å². The third-order valence-corrected chi connectivity index (χ3v) is 8.67. The zero-order valence-corrected chi connectivity index (χ0v) is 31.8. The summed E-state index contributed by atoms with van der Waals surface area (Å²) in [5.41, 5.74) is 5.33. The van der Waals surface area contributed by atoms with E-state index in [4.69, 9.17) is 24.3 Å². The minimum Gasteiger partial charge on any atom is -0.462 e. The van der Waals surface area contributed by atoms with Gasteiger partial charge in [0, 0.05) is 19.4 Å². The molecule has 0 aliphatic heterocycles. The fourth-order valence-electron chi connectivity index (χ4n) is 4.80. The maximum Gasteiger partial charge on any atom is 0.472 e. The summed E-state index contributed by atoms with van der Waals surface area (Å²) in [6.45, 7) is 3.60. The van der Waals surface area contributed by atoms with Crippen molar-refractivity contribution in [1.82, 2.24) is 0 Å². The number of unbranched alkanes of at least 4 members (excludes halogenated alkanes) is 14. The molecule has 0 aromatic carbocycles. The van der Waals surface area contributed by atoms with E-state index >= 15 is 0 Å². The van der Waals surface area contributed by atoms with Crippen molar-refractivity contribution < 1.29 is 37.6 Å². The van der Waals surface area contributed by atoms with Crippen molar-refractivity contribution >= 4 is 19.8 Å². The van der Waals surface area contributed by atoms with E-state index in [0.717, 1.165) is 83.5 Å². The van der Waals surface area contributed by atoms with Crippen molar-refractivity contribution in [3.63, 3.8) is 0 Å². The van der Waals surface area contributed by atoms with Crippen LogP contribution in [0.25, 0.3) is 0 Å². The smallest absolute Gasteiger partial charge is 0.462 e. The monoisotopic (exact) mass is 711 g/mol. The lowest BCUT2D eigenvalue weighted by atomic mass is 10.1. The van der Waals surface area contributed by atoms with Crippen LogP contribution in [0.2, 0.25) is 0 Å². The Balaban J connectivity index is 4.28. The number of phosphoric ester groups is 1. The average Bonchev–Trinajstić information content (AvgIpc) is 3.08. The average molecular weight is 712 g/mol. The molecule has 49 heavy (non-hydrogen) atoms. The Morgan fingerprint density at radius 1 is 0.612 bits per heavy atom. The van der Waals surface area contributed by atoms with Crippen LogP contribution in [0.3, 0.4) is 0 Å². The molecule has 0 fully saturated rings. The summed E-state index contributed by atoms with van der Waals surface area (Å²) in [7, 11) is -4.38. The van der Waals surface area contributed by atoms with Crippen LogP contribution in [0.5, 0.6) is 0 Å². The topological polar surface area (TPSA) is 134 Å². The molecule has 0 rings (SSSR count). The largest absolute Gasteiger partial charge is 0.472 e. The molecule has 0 aromatic rings. The Morgan fingerprint density at radius 2 is 1.08 bits per heavy atom. The first-order chi connectivity index (χ1) is 23.8. The fraction of sp³-hybridized carbons (Fsp3) is 0.744. The van der Waals surface area contributed by atoms with Gasteiger partial charge in [-0.1, -0.05) is 120 Å². The Kier molecular flexibility index (Phi) is 34.3. The van der Waals surface area contributed by atoms with Crippen LogP contribution in [0.15, 0.2) is 48.6 Å². The van der Waals surface area contributed by atoms with Gasteiger partial charge in [0.15, 0.2) is 6.10 Å². The van der Waals surface area contributed by atoms with Crippen LogP contribution in [0, 0.1) is 0 Å². The molecule has 0 saturated carbocycles. The van der Waals surface area contributed by atoms with E-state index in [1.165, 1.54) is 38.5 Å². The van der Waals surface area contributed by atoms with Gasteiger partial charge in [0.05, 0.1) is 13.2 Å². The number of ether oxygens (including phenoxy) is 2. The number of nitrogens with two attached hydrogens (primary N) is 1. The standard InChI is InChI=1S/C39H70NO8P/c1-3-5-7-9-11-13-15-16-17-18-19-20-22-24-26-28-30-32-39(42)48-37(36-47-49(43,44)46-34-33-40)35-45-38(41)31-29-27-25-23-21-14-12-10-8-6-4-2/h10-13,16-17,19-20,37H,3-9,14-15,18,21-36,40H2,1-2H3,(H,43,44)/b12-10-,13-11-,17-16-,20-19-/t37-/m1/s1.